The van der Waals surface area contributed by atoms with E-state index in [4.69, 9.17) is 0 Å². The second-order valence-electron chi connectivity index (χ2n) is 7.18. The van der Waals surface area contributed by atoms with E-state index in [1.54, 1.807) is 24.0 Å². The van der Waals surface area contributed by atoms with E-state index < -0.39 is 23.2 Å². The molecule has 0 saturated heterocycles. The maximum absolute atomic E-state index is 14.7. The molecule has 0 aliphatic rings. The van der Waals surface area contributed by atoms with E-state index in [2.05, 4.69) is 20.2 Å². The lowest BCUT2D eigenvalue weighted by Gasteiger charge is -2.35. The lowest BCUT2D eigenvalue weighted by Crippen LogP contribution is -2.38. The molecule has 0 bridgehead atoms. The van der Waals surface area contributed by atoms with Crippen molar-refractivity contribution in [2.24, 2.45) is 7.05 Å². The highest BCUT2D eigenvalue weighted by atomic mass is 19.1. The van der Waals surface area contributed by atoms with Gasteiger partial charge in [-0.1, -0.05) is 19.1 Å². The average molecular weight is 410 g/mol. The number of pyridine rings is 1. The van der Waals surface area contributed by atoms with Crippen molar-refractivity contribution in [3.63, 3.8) is 0 Å². The predicted molar refractivity (Wildman–Crippen MR) is 105 cm³/mol. The number of hydrogen-bond donors (Lipinski definition) is 1. The molecule has 3 heterocycles. The van der Waals surface area contributed by atoms with E-state index >= 15 is 0 Å². The summed E-state index contributed by atoms with van der Waals surface area (Å²) in [5.74, 6) is -2.13. The van der Waals surface area contributed by atoms with Crippen LogP contribution in [0.25, 0.3) is 11.4 Å². The maximum atomic E-state index is 14.7. The number of benzene rings is 1. The van der Waals surface area contributed by atoms with Crippen molar-refractivity contribution in [3.8, 4) is 11.4 Å². The number of nitrogens with zero attached hydrogens (tertiary/aromatic N) is 6. The number of rotatable bonds is 6. The van der Waals surface area contributed by atoms with Crippen LogP contribution in [0.2, 0.25) is 0 Å². The van der Waals surface area contributed by atoms with Gasteiger partial charge in [0.1, 0.15) is 29.9 Å². The van der Waals surface area contributed by atoms with Gasteiger partial charge in [-0.05, 0) is 23.8 Å². The van der Waals surface area contributed by atoms with Gasteiger partial charge in [-0.15, -0.1) is 0 Å². The van der Waals surface area contributed by atoms with Crippen LogP contribution in [0.4, 0.5) is 8.78 Å². The molecule has 3 aromatic heterocycles. The van der Waals surface area contributed by atoms with Gasteiger partial charge in [0, 0.05) is 37.0 Å². The molecule has 7 nitrogen and oxygen atoms in total. The Morgan fingerprint density at radius 1 is 1.13 bits per heavy atom. The van der Waals surface area contributed by atoms with Gasteiger partial charge in [0.05, 0.1) is 17.9 Å². The van der Waals surface area contributed by atoms with Crippen LogP contribution in [0.3, 0.4) is 0 Å². The molecule has 0 aliphatic carbocycles. The topological polar surface area (TPSA) is 81.6 Å². The molecule has 9 heteroatoms. The molecular formula is C21H20F2N6O. The van der Waals surface area contributed by atoms with Crippen LogP contribution in [0.15, 0.2) is 61.4 Å². The molecule has 30 heavy (non-hydrogen) atoms. The first-order valence-corrected chi connectivity index (χ1v) is 9.33. The average Bonchev–Trinajstić information content (AvgIpc) is 3.39. The lowest BCUT2D eigenvalue weighted by atomic mass is 9.78. The van der Waals surface area contributed by atoms with Crippen LogP contribution in [-0.2, 0) is 19.2 Å². The highest BCUT2D eigenvalue weighted by molar-refractivity contribution is 5.54. The molecule has 1 aromatic carbocycles. The summed E-state index contributed by atoms with van der Waals surface area (Å²) in [5, 5.41) is 19.8. The highest BCUT2D eigenvalue weighted by Crippen LogP contribution is 2.39. The van der Waals surface area contributed by atoms with Gasteiger partial charge in [-0.3, -0.25) is 9.67 Å². The fourth-order valence-corrected chi connectivity index (χ4v) is 3.57. The van der Waals surface area contributed by atoms with E-state index in [0.29, 0.717) is 5.56 Å². The third kappa shape index (κ3) is 3.59. The summed E-state index contributed by atoms with van der Waals surface area (Å²) in [6.45, 7) is 1.70. The first kappa shape index (κ1) is 19.8. The molecule has 4 aromatic rings. The van der Waals surface area contributed by atoms with Crippen LogP contribution in [0.1, 0.15) is 24.0 Å². The molecule has 0 spiro atoms. The fourth-order valence-electron chi connectivity index (χ4n) is 3.57. The Morgan fingerprint density at radius 2 is 1.97 bits per heavy atom. The summed E-state index contributed by atoms with van der Waals surface area (Å²) in [7, 11) is 1.82. The highest BCUT2D eigenvalue weighted by Gasteiger charge is 2.40. The van der Waals surface area contributed by atoms with Gasteiger partial charge >= 0.3 is 0 Å². The molecular weight excluding hydrogens is 390 g/mol. The molecule has 154 valence electrons. The summed E-state index contributed by atoms with van der Waals surface area (Å²) in [6.07, 6.45) is 6.09. The Hall–Kier alpha value is -3.46. The van der Waals surface area contributed by atoms with E-state index in [0.717, 1.165) is 23.5 Å². The lowest BCUT2D eigenvalue weighted by molar-refractivity contribution is -0.0112. The number of halogens is 2. The Labute approximate surface area is 171 Å². The zero-order valence-electron chi connectivity index (χ0n) is 16.4. The minimum absolute atomic E-state index is 0.0254. The van der Waals surface area contributed by atoms with Crippen molar-refractivity contribution in [1.82, 2.24) is 29.5 Å². The molecule has 1 N–H and O–H groups in total. The van der Waals surface area contributed by atoms with Gasteiger partial charge in [0.15, 0.2) is 0 Å². The summed E-state index contributed by atoms with van der Waals surface area (Å²) >= 11 is 0. The predicted octanol–water partition coefficient (Wildman–Crippen LogP) is 3.04. The van der Waals surface area contributed by atoms with Crippen LogP contribution < -0.4 is 0 Å². The minimum Gasteiger partial charge on any atom is -0.382 e. The van der Waals surface area contributed by atoms with Gasteiger partial charge in [-0.2, -0.15) is 10.2 Å². The number of aryl methyl sites for hydroxylation is 1. The van der Waals surface area contributed by atoms with E-state index in [-0.39, 0.29) is 12.1 Å². The Bertz CT molecular complexity index is 1140. The second-order valence-corrected chi connectivity index (χ2v) is 7.18. The molecule has 0 fully saturated rings. The monoisotopic (exact) mass is 410 g/mol. The largest absolute Gasteiger partial charge is 0.382 e. The van der Waals surface area contributed by atoms with Crippen molar-refractivity contribution < 1.29 is 13.9 Å². The van der Waals surface area contributed by atoms with Crippen molar-refractivity contribution in [2.45, 2.75) is 25.0 Å². The van der Waals surface area contributed by atoms with Gasteiger partial charge in [0.2, 0.25) is 0 Å². The van der Waals surface area contributed by atoms with Crippen LogP contribution in [-0.4, -0.2) is 34.6 Å². The normalized spacial score (nSPS) is 14.4. The Morgan fingerprint density at radius 3 is 2.57 bits per heavy atom. The van der Waals surface area contributed by atoms with E-state index in [9.17, 15) is 13.9 Å². The van der Waals surface area contributed by atoms with E-state index in [1.165, 1.54) is 23.4 Å². The van der Waals surface area contributed by atoms with Crippen molar-refractivity contribution in [3.05, 3.63) is 84.2 Å². The Balaban J connectivity index is 1.74. The fraction of sp³-hybridized carbons (Fsp3) is 0.238. The van der Waals surface area contributed by atoms with E-state index in [1.807, 2.05) is 25.2 Å². The molecule has 0 saturated carbocycles. The second kappa shape index (κ2) is 7.75. The van der Waals surface area contributed by atoms with Gasteiger partial charge in [0.25, 0.3) is 0 Å². The first-order valence-electron chi connectivity index (χ1n) is 9.33. The third-order valence-corrected chi connectivity index (χ3v) is 5.35. The quantitative estimate of drug-likeness (QED) is 0.528. The summed E-state index contributed by atoms with van der Waals surface area (Å²) in [4.78, 5) is 8.37. The zero-order chi connectivity index (χ0) is 21.3. The third-order valence-electron chi connectivity index (χ3n) is 5.35. The number of hydrogen-bond acceptors (Lipinski definition) is 5. The first-order chi connectivity index (χ1) is 14.4. The van der Waals surface area contributed by atoms with Crippen LogP contribution in [0, 0.1) is 11.6 Å². The maximum Gasteiger partial charge on any atom is 0.137 e. The standard InChI is InChI=1S/C21H20F2N6O/c1-14(15-3-6-19(25-10-15)20-7-8-26-28(20)2)21(30,11-29-13-24-12-27-29)17-5-4-16(22)9-18(17)23/h3-10,12-14,30H,11H2,1-2H3/t14-,21+/m0/s1. The molecule has 0 aliphatic heterocycles. The van der Waals surface area contributed by atoms with Crippen LogP contribution in [0.5, 0.6) is 0 Å². The van der Waals surface area contributed by atoms with Crippen molar-refractivity contribution in [2.75, 3.05) is 0 Å². The summed E-state index contributed by atoms with van der Waals surface area (Å²) < 4.78 is 31.3. The molecule has 0 radical (unpaired) electrons. The van der Waals surface area contributed by atoms with Crippen molar-refractivity contribution >= 4 is 0 Å². The molecule has 2 atom stereocenters. The number of aromatic nitrogens is 6. The molecule has 0 unspecified atom stereocenters. The molecule has 0 amide bonds. The van der Waals surface area contributed by atoms with Gasteiger partial charge < -0.3 is 5.11 Å². The van der Waals surface area contributed by atoms with Crippen molar-refractivity contribution in [1.29, 1.82) is 0 Å². The van der Waals surface area contributed by atoms with Gasteiger partial charge in [-0.25, -0.2) is 18.4 Å². The number of aliphatic hydroxyl groups is 1. The Kier molecular flexibility index (Phi) is 5.13. The molecule has 4 rings (SSSR count). The zero-order valence-corrected chi connectivity index (χ0v) is 16.4. The minimum atomic E-state index is -1.72. The van der Waals surface area contributed by atoms with Crippen LogP contribution >= 0.6 is 0 Å². The summed E-state index contributed by atoms with van der Waals surface area (Å²) in [5.41, 5.74) is 0.506. The smallest absolute Gasteiger partial charge is 0.137 e. The SMILES string of the molecule is C[C@@H](c1ccc(-c2ccnn2C)nc1)[C@](O)(Cn1cncn1)c1ccc(F)cc1F. The summed E-state index contributed by atoms with van der Waals surface area (Å²) in [6, 6.07) is 8.64.